The van der Waals surface area contributed by atoms with Gasteiger partial charge in [0.15, 0.2) is 0 Å². The molecule has 1 aliphatic rings. The molecule has 1 unspecified atom stereocenters. The van der Waals surface area contributed by atoms with Gasteiger partial charge in [-0.1, -0.05) is 0 Å². The van der Waals surface area contributed by atoms with Crippen LogP contribution in [-0.2, 0) is 4.74 Å². The van der Waals surface area contributed by atoms with Gasteiger partial charge >= 0.3 is 0 Å². The number of rotatable bonds is 1. The van der Waals surface area contributed by atoms with Crippen LogP contribution in [0, 0.1) is 0 Å². The van der Waals surface area contributed by atoms with Crippen LogP contribution in [0.4, 0.5) is 0 Å². The standard InChI is InChI=1S/C14H19NO4/c1-9-7-15(8-14(2,3)19-9)13(18)10-4-11(16)6-12(17)5-10/h4-6,9,16-17H,7-8H2,1-3H3. The topological polar surface area (TPSA) is 70.0 Å². The number of phenols is 2. The lowest BCUT2D eigenvalue weighted by molar-refractivity contribution is -0.118. The number of amides is 1. The van der Waals surface area contributed by atoms with E-state index in [1.54, 1.807) is 4.90 Å². The molecular formula is C14H19NO4. The molecule has 1 amide bonds. The number of aromatic hydroxyl groups is 2. The number of carbonyl (C=O) groups excluding carboxylic acids is 1. The second-order valence-electron chi connectivity index (χ2n) is 5.61. The van der Waals surface area contributed by atoms with Crippen LogP contribution in [0.5, 0.6) is 11.5 Å². The van der Waals surface area contributed by atoms with Crippen molar-refractivity contribution in [1.82, 2.24) is 4.90 Å². The molecule has 1 saturated heterocycles. The Morgan fingerprint density at radius 2 is 1.89 bits per heavy atom. The molecule has 19 heavy (non-hydrogen) atoms. The maximum atomic E-state index is 12.4. The Morgan fingerprint density at radius 1 is 1.32 bits per heavy atom. The zero-order valence-electron chi connectivity index (χ0n) is 11.4. The number of hydrogen-bond donors (Lipinski definition) is 2. The van der Waals surface area contributed by atoms with E-state index < -0.39 is 5.60 Å². The summed E-state index contributed by atoms with van der Waals surface area (Å²) in [7, 11) is 0. The Kier molecular flexibility index (Phi) is 3.41. The van der Waals surface area contributed by atoms with Crippen LogP contribution in [-0.4, -0.2) is 45.8 Å². The van der Waals surface area contributed by atoms with Crippen molar-refractivity contribution in [3.8, 4) is 11.5 Å². The fraction of sp³-hybridized carbons (Fsp3) is 0.500. The number of hydrogen-bond acceptors (Lipinski definition) is 4. The van der Waals surface area contributed by atoms with Gasteiger partial charge in [-0.2, -0.15) is 0 Å². The second-order valence-corrected chi connectivity index (χ2v) is 5.61. The van der Waals surface area contributed by atoms with Crippen molar-refractivity contribution in [2.45, 2.75) is 32.5 Å². The van der Waals surface area contributed by atoms with Gasteiger partial charge in [0.25, 0.3) is 5.91 Å². The minimum Gasteiger partial charge on any atom is -0.508 e. The van der Waals surface area contributed by atoms with E-state index in [0.717, 1.165) is 0 Å². The molecule has 5 nitrogen and oxygen atoms in total. The number of phenolic OH excluding ortho intramolecular Hbond substituents is 2. The molecule has 2 N–H and O–H groups in total. The van der Waals surface area contributed by atoms with Crippen molar-refractivity contribution < 1.29 is 19.7 Å². The zero-order chi connectivity index (χ0) is 14.2. The first-order valence-electron chi connectivity index (χ1n) is 6.27. The lowest BCUT2D eigenvalue weighted by Crippen LogP contribution is -2.53. The lowest BCUT2D eigenvalue weighted by atomic mass is 10.0. The van der Waals surface area contributed by atoms with Crippen molar-refractivity contribution in [3.63, 3.8) is 0 Å². The van der Waals surface area contributed by atoms with E-state index in [9.17, 15) is 15.0 Å². The Balaban J connectivity index is 2.23. The Morgan fingerprint density at radius 3 is 2.42 bits per heavy atom. The number of benzene rings is 1. The van der Waals surface area contributed by atoms with Crippen molar-refractivity contribution in [1.29, 1.82) is 0 Å². The van der Waals surface area contributed by atoms with Crippen LogP contribution >= 0.6 is 0 Å². The molecule has 1 aromatic rings. The van der Waals surface area contributed by atoms with Gasteiger partial charge < -0.3 is 19.8 Å². The summed E-state index contributed by atoms with van der Waals surface area (Å²) < 4.78 is 5.74. The normalized spacial score (nSPS) is 22.3. The summed E-state index contributed by atoms with van der Waals surface area (Å²) in [6, 6.07) is 3.91. The molecule has 104 valence electrons. The second kappa shape index (κ2) is 4.74. The summed E-state index contributed by atoms with van der Waals surface area (Å²) in [6.07, 6.45) is -0.0430. The number of carbonyl (C=O) groups is 1. The Labute approximate surface area is 112 Å². The third-order valence-electron chi connectivity index (χ3n) is 3.01. The summed E-state index contributed by atoms with van der Waals surface area (Å²) in [5.41, 5.74) is -0.117. The third kappa shape index (κ3) is 3.17. The number of morpholine rings is 1. The van der Waals surface area contributed by atoms with Crippen molar-refractivity contribution in [2.75, 3.05) is 13.1 Å². The van der Waals surface area contributed by atoms with Crippen LogP contribution in [0.15, 0.2) is 18.2 Å². The third-order valence-corrected chi connectivity index (χ3v) is 3.01. The van der Waals surface area contributed by atoms with Crippen LogP contribution in [0.3, 0.4) is 0 Å². The first kappa shape index (κ1) is 13.7. The highest BCUT2D eigenvalue weighted by molar-refractivity contribution is 5.95. The van der Waals surface area contributed by atoms with Gasteiger partial charge in [-0.15, -0.1) is 0 Å². The first-order valence-corrected chi connectivity index (χ1v) is 6.27. The van der Waals surface area contributed by atoms with E-state index in [4.69, 9.17) is 4.74 Å². The highest BCUT2D eigenvalue weighted by Crippen LogP contribution is 2.25. The van der Waals surface area contributed by atoms with Gasteiger partial charge in [-0.05, 0) is 32.9 Å². The predicted octanol–water partition coefficient (Wildman–Crippen LogP) is 1.74. The molecule has 1 heterocycles. The number of ether oxygens (including phenoxy) is 1. The van der Waals surface area contributed by atoms with E-state index in [1.165, 1.54) is 18.2 Å². The zero-order valence-corrected chi connectivity index (χ0v) is 11.4. The fourth-order valence-corrected chi connectivity index (χ4v) is 2.51. The Bertz CT molecular complexity index is 478. The van der Waals surface area contributed by atoms with Crippen molar-refractivity contribution in [2.24, 2.45) is 0 Å². The van der Waals surface area contributed by atoms with Crippen molar-refractivity contribution >= 4 is 5.91 Å². The van der Waals surface area contributed by atoms with Gasteiger partial charge in [0, 0.05) is 24.7 Å². The fourth-order valence-electron chi connectivity index (χ4n) is 2.51. The van der Waals surface area contributed by atoms with Gasteiger partial charge in [-0.3, -0.25) is 4.79 Å². The smallest absolute Gasteiger partial charge is 0.254 e. The van der Waals surface area contributed by atoms with E-state index in [0.29, 0.717) is 13.1 Å². The average molecular weight is 265 g/mol. The summed E-state index contributed by atoms with van der Waals surface area (Å²) in [5, 5.41) is 18.9. The van der Waals surface area contributed by atoms with Crippen LogP contribution in [0.25, 0.3) is 0 Å². The maximum absolute atomic E-state index is 12.4. The minimum absolute atomic E-state index is 0.0430. The molecule has 0 aliphatic carbocycles. The number of nitrogens with zero attached hydrogens (tertiary/aromatic N) is 1. The summed E-state index contributed by atoms with van der Waals surface area (Å²) >= 11 is 0. The van der Waals surface area contributed by atoms with Gasteiger partial charge in [0.1, 0.15) is 11.5 Å². The molecule has 0 radical (unpaired) electrons. The quantitative estimate of drug-likeness (QED) is 0.811. The maximum Gasteiger partial charge on any atom is 0.254 e. The van der Waals surface area contributed by atoms with Crippen LogP contribution in [0.2, 0.25) is 0 Å². The summed E-state index contributed by atoms with van der Waals surface area (Å²) in [4.78, 5) is 14.1. The molecule has 1 fully saturated rings. The lowest BCUT2D eigenvalue weighted by Gasteiger charge is -2.41. The Hall–Kier alpha value is -1.75. The molecule has 0 saturated carbocycles. The molecule has 5 heteroatoms. The molecule has 2 rings (SSSR count). The van der Waals surface area contributed by atoms with E-state index in [1.807, 2.05) is 20.8 Å². The van der Waals surface area contributed by atoms with Crippen LogP contribution in [0.1, 0.15) is 31.1 Å². The molecule has 1 atom stereocenters. The molecule has 1 aromatic carbocycles. The molecule has 0 aromatic heterocycles. The van der Waals surface area contributed by atoms with Gasteiger partial charge in [-0.25, -0.2) is 0 Å². The highest BCUT2D eigenvalue weighted by atomic mass is 16.5. The molecule has 0 spiro atoms. The SMILES string of the molecule is CC1CN(C(=O)c2cc(O)cc(O)c2)CC(C)(C)O1. The first-order chi connectivity index (χ1) is 8.77. The predicted molar refractivity (Wildman–Crippen MR) is 70.3 cm³/mol. The van der Waals surface area contributed by atoms with Gasteiger partial charge in [0.2, 0.25) is 0 Å². The highest BCUT2D eigenvalue weighted by Gasteiger charge is 2.34. The molecule has 1 aliphatic heterocycles. The van der Waals surface area contributed by atoms with E-state index in [-0.39, 0.29) is 29.1 Å². The summed E-state index contributed by atoms with van der Waals surface area (Å²) in [6.45, 7) is 6.76. The van der Waals surface area contributed by atoms with Gasteiger partial charge in [0.05, 0.1) is 11.7 Å². The van der Waals surface area contributed by atoms with Crippen molar-refractivity contribution in [3.05, 3.63) is 23.8 Å². The largest absolute Gasteiger partial charge is 0.508 e. The van der Waals surface area contributed by atoms with E-state index >= 15 is 0 Å². The molecular weight excluding hydrogens is 246 g/mol. The monoisotopic (exact) mass is 265 g/mol. The van der Waals surface area contributed by atoms with Crippen LogP contribution < -0.4 is 0 Å². The molecule has 0 bridgehead atoms. The minimum atomic E-state index is -0.397. The van der Waals surface area contributed by atoms with E-state index in [2.05, 4.69) is 0 Å². The average Bonchev–Trinajstić information content (AvgIpc) is 2.23. The summed E-state index contributed by atoms with van der Waals surface area (Å²) in [5.74, 6) is -0.456.